The summed E-state index contributed by atoms with van der Waals surface area (Å²) in [6.45, 7) is 8.97. The largest absolute Gasteiger partial charge is 0.500 e. The number of nitrogens with one attached hydrogen (secondary N) is 1. The molecule has 2 aromatic carbocycles. The molecular weight excluding hydrogens is 534 g/mol. The second-order valence-electron chi connectivity index (χ2n) is 9.89. The van der Waals surface area contributed by atoms with E-state index >= 15 is 0 Å². The minimum atomic E-state index is -2.62. The zero-order valence-corrected chi connectivity index (χ0v) is 26.4. The van der Waals surface area contributed by atoms with Gasteiger partial charge in [-0.25, -0.2) is 0 Å². The van der Waals surface area contributed by atoms with E-state index in [2.05, 4.69) is 15.5 Å². The molecule has 9 heteroatoms. The molecule has 0 atom stereocenters. The highest BCUT2D eigenvalue weighted by molar-refractivity contribution is 6.60. The standard InChI is InChI=1S/C32H51N3O5Si/c1-4-38-41(39-5-2,40-6-3)28-18-26-33-32(36)21-16-11-9-7-8-10-12-17-27-37-31-24-22-30(23-25-31)35-34-29-19-14-13-15-20-29/h13-15,19-20,22-25H,4-12,16-18,21,26-28H2,1-3H3,(H,33,36). The van der Waals surface area contributed by atoms with Crippen molar-refractivity contribution >= 4 is 26.1 Å². The van der Waals surface area contributed by atoms with E-state index < -0.39 is 8.80 Å². The Bertz CT molecular complexity index is 943. The molecule has 8 nitrogen and oxygen atoms in total. The molecule has 0 aliphatic carbocycles. The van der Waals surface area contributed by atoms with Crippen LogP contribution in [0.25, 0.3) is 0 Å². The summed E-state index contributed by atoms with van der Waals surface area (Å²) < 4.78 is 23.5. The van der Waals surface area contributed by atoms with Gasteiger partial charge >= 0.3 is 8.80 Å². The van der Waals surface area contributed by atoms with E-state index in [-0.39, 0.29) is 5.91 Å². The summed E-state index contributed by atoms with van der Waals surface area (Å²) in [4.78, 5) is 12.2. The van der Waals surface area contributed by atoms with E-state index in [1.54, 1.807) is 0 Å². The van der Waals surface area contributed by atoms with Crippen LogP contribution in [-0.4, -0.2) is 47.7 Å². The summed E-state index contributed by atoms with van der Waals surface area (Å²) >= 11 is 0. The van der Waals surface area contributed by atoms with Crippen molar-refractivity contribution in [2.24, 2.45) is 10.2 Å². The van der Waals surface area contributed by atoms with E-state index in [1.165, 1.54) is 32.1 Å². The molecule has 0 aliphatic rings. The number of hydrogen-bond donors (Lipinski definition) is 1. The highest BCUT2D eigenvalue weighted by Gasteiger charge is 2.39. The highest BCUT2D eigenvalue weighted by Crippen LogP contribution is 2.22. The van der Waals surface area contributed by atoms with Gasteiger partial charge in [-0.1, -0.05) is 56.7 Å². The van der Waals surface area contributed by atoms with E-state index in [4.69, 9.17) is 18.0 Å². The Hall–Kier alpha value is -2.59. The predicted octanol–water partition coefficient (Wildman–Crippen LogP) is 8.55. The van der Waals surface area contributed by atoms with Gasteiger partial charge in [0, 0.05) is 38.8 Å². The van der Waals surface area contributed by atoms with Crippen LogP contribution in [-0.2, 0) is 18.1 Å². The van der Waals surface area contributed by atoms with Gasteiger partial charge in [-0.3, -0.25) is 4.79 Å². The fraction of sp³-hybridized carbons (Fsp3) is 0.594. The van der Waals surface area contributed by atoms with Crippen LogP contribution < -0.4 is 10.1 Å². The fourth-order valence-corrected chi connectivity index (χ4v) is 7.09. The molecule has 0 fully saturated rings. The molecule has 1 amide bonds. The Morgan fingerprint density at radius 2 is 1.22 bits per heavy atom. The number of carbonyl (C=O) groups is 1. The maximum atomic E-state index is 12.2. The molecule has 1 N–H and O–H groups in total. The topological polar surface area (TPSA) is 90.7 Å². The summed E-state index contributed by atoms with van der Waals surface area (Å²) in [5, 5.41) is 11.5. The predicted molar refractivity (Wildman–Crippen MR) is 167 cm³/mol. The van der Waals surface area contributed by atoms with E-state index in [9.17, 15) is 4.79 Å². The first-order valence-electron chi connectivity index (χ1n) is 15.5. The second kappa shape index (κ2) is 22.1. The first-order chi connectivity index (χ1) is 20.1. The van der Waals surface area contributed by atoms with Crippen LogP contribution in [0.3, 0.4) is 0 Å². The molecule has 0 bridgehead atoms. The second-order valence-corrected chi connectivity index (χ2v) is 12.6. The van der Waals surface area contributed by atoms with Crippen LogP contribution in [0.1, 0.15) is 85.0 Å². The molecule has 0 saturated heterocycles. The normalized spacial score (nSPS) is 11.7. The minimum absolute atomic E-state index is 0.132. The van der Waals surface area contributed by atoms with E-state index in [0.29, 0.717) is 32.8 Å². The molecule has 0 spiro atoms. The zero-order valence-electron chi connectivity index (χ0n) is 25.4. The number of nitrogens with zero attached hydrogens (tertiary/aromatic N) is 2. The monoisotopic (exact) mass is 585 g/mol. The number of unbranched alkanes of at least 4 members (excludes halogenated alkanes) is 7. The molecule has 228 valence electrons. The lowest BCUT2D eigenvalue weighted by Gasteiger charge is -2.28. The summed E-state index contributed by atoms with van der Waals surface area (Å²) in [5.41, 5.74) is 1.65. The Morgan fingerprint density at radius 1 is 0.683 bits per heavy atom. The van der Waals surface area contributed by atoms with Crippen molar-refractivity contribution in [3.63, 3.8) is 0 Å². The molecule has 0 heterocycles. The fourth-order valence-electron chi connectivity index (χ4n) is 4.48. The van der Waals surface area contributed by atoms with Crippen LogP contribution in [0.4, 0.5) is 11.4 Å². The van der Waals surface area contributed by atoms with Crippen molar-refractivity contribution in [3.8, 4) is 5.75 Å². The smallest absolute Gasteiger partial charge is 0.494 e. The molecule has 0 saturated carbocycles. The Morgan fingerprint density at radius 3 is 1.80 bits per heavy atom. The first-order valence-corrected chi connectivity index (χ1v) is 17.4. The molecule has 0 radical (unpaired) electrons. The van der Waals surface area contributed by atoms with Crippen molar-refractivity contribution in [1.82, 2.24) is 5.32 Å². The number of benzene rings is 2. The number of hydrogen-bond acceptors (Lipinski definition) is 7. The van der Waals surface area contributed by atoms with Crippen LogP contribution in [0.2, 0.25) is 6.04 Å². The quantitative estimate of drug-likeness (QED) is 0.0757. The van der Waals surface area contributed by atoms with Gasteiger partial charge < -0.3 is 23.3 Å². The van der Waals surface area contributed by atoms with Gasteiger partial charge in [0.05, 0.1) is 18.0 Å². The number of carbonyl (C=O) groups excluding carboxylic acids is 1. The number of ether oxygens (including phenoxy) is 1. The SMILES string of the molecule is CCO[Si](CCCNC(=O)CCCCCCCCCCOc1ccc(N=Nc2ccccc2)cc1)(OCC)OCC. The highest BCUT2D eigenvalue weighted by atomic mass is 28.4. The number of rotatable bonds is 24. The van der Waals surface area contributed by atoms with Gasteiger partial charge in [-0.2, -0.15) is 10.2 Å². The maximum Gasteiger partial charge on any atom is 0.500 e. The minimum Gasteiger partial charge on any atom is -0.494 e. The van der Waals surface area contributed by atoms with Crippen LogP contribution >= 0.6 is 0 Å². The zero-order chi connectivity index (χ0) is 29.4. The van der Waals surface area contributed by atoms with Gasteiger partial charge in [0.1, 0.15) is 5.75 Å². The number of azo groups is 1. The van der Waals surface area contributed by atoms with Gasteiger partial charge in [0.25, 0.3) is 0 Å². The lowest BCUT2D eigenvalue weighted by atomic mass is 10.1. The third-order valence-electron chi connectivity index (χ3n) is 6.52. The van der Waals surface area contributed by atoms with E-state index in [1.807, 2.05) is 75.4 Å². The number of amides is 1. The summed E-state index contributed by atoms with van der Waals surface area (Å²) in [6.07, 6.45) is 10.5. The average molecular weight is 586 g/mol. The molecule has 2 aromatic rings. The van der Waals surface area contributed by atoms with Gasteiger partial charge in [0.15, 0.2) is 0 Å². The van der Waals surface area contributed by atoms with Gasteiger partial charge in [0.2, 0.25) is 5.91 Å². The van der Waals surface area contributed by atoms with Gasteiger partial charge in [-0.15, -0.1) is 0 Å². The Kier molecular flexibility index (Phi) is 18.6. The lowest BCUT2D eigenvalue weighted by Crippen LogP contribution is -2.46. The van der Waals surface area contributed by atoms with Crippen molar-refractivity contribution in [2.45, 2.75) is 91.0 Å². The van der Waals surface area contributed by atoms with Gasteiger partial charge in [-0.05, 0) is 76.4 Å². The molecular formula is C32H51N3O5Si. The third-order valence-corrected chi connectivity index (χ3v) is 9.67. The van der Waals surface area contributed by atoms with Crippen LogP contribution in [0, 0.1) is 0 Å². The Balaban J connectivity index is 1.42. The molecule has 0 aliphatic heterocycles. The van der Waals surface area contributed by atoms with Crippen molar-refractivity contribution in [2.75, 3.05) is 33.0 Å². The molecule has 41 heavy (non-hydrogen) atoms. The summed E-state index contributed by atoms with van der Waals surface area (Å²) in [7, 11) is -2.62. The summed E-state index contributed by atoms with van der Waals surface area (Å²) in [5.74, 6) is 0.997. The molecule has 0 unspecified atom stereocenters. The van der Waals surface area contributed by atoms with Crippen molar-refractivity contribution < 1.29 is 22.8 Å². The van der Waals surface area contributed by atoms with Crippen LogP contribution in [0.15, 0.2) is 64.8 Å². The average Bonchev–Trinajstić information content (AvgIpc) is 2.98. The third kappa shape index (κ3) is 15.8. The summed E-state index contributed by atoms with van der Waals surface area (Å²) in [6, 6.07) is 18.2. The lowest BCUT2D eigenvalue weighted by molar-refractivity contribution is -0.121. The molecule has 2 rings (SSSR count). The first kappa shape index (κ1) is 34.6. The molecule has 0 aromatic heterocycles. The van der Waals surface area contributed by atoms with Crippen LogP contribution in [0.5, 0.6) is 5.75 Å². The van der Waals surface area contributed by atoms with E-state index in [0.717, 1.165) is 55.5 Å². The van der Waals surface area contributed by atoms with Crippen molar-refractivity contribution in [1.29, 1.82) is 0 Å². The maximum absolute atomic E-state index is 12.2. The van der Waals surface area contributed by atoms with Crippen molar-refractivity contribution in [3.05, 3.63) is 54.6 Å². The Labute approximate surface area is 248 Å².